The number of halogens is 1. The Morgan fingerprint density at radius 2 is 2.00 bits per heavy atom. The summed E-state index contributed by atoms with van der Waals surface area (Å²) in [4.78, 5) is 27.6. The van der Waals surface area contributed by atoms with Crippen molar-refractivity contribution in [1.82, 2.24) is 4.98 Å². The zero-order valence-corrected chi connectivity index (χ0v) is 14.8. The lowest BCUT2D eigenvalue weighted by Crippen LogP contribution is -2.21. The number of nitrogens with one attached hydrogen (secondary N) is 1. The molecular formula is C16H15ClN2O5S. The Hall–Kier alpha value is -2.45. The van der Waals surface area contributed by atoms with E-state index in [1.165, 1.54) is 24.4 Å². The lowest BCUT2D eigenvalue weighted by molar-refractivity contribution is -0.119. The van der Waals surface area contributed by atoms with Crippen LogP contribution < -0.4 is 5.32 Å². The first-order chi connectivity index (χ1) is 11.7. The van der Waals surface area contributed by atoms with Crippen molar-refractivity contribution in [3.05, 3.63) is 58.7 Å². The van der Waals surface area contributed by atoms with Crippen LogP contribution in [0.5, 0.6) is 0 Å². The number of amides is 1. The monoisotopic (exact) mass is 382 g/mol. The maximum absolute atomic E-state index is 12.0. The van der Waals surface area contributed by atoms with Gasteiger partial charge in [-0.1, -0.05) is 23.7 Å². The molecular weight excluding hydrogens is 368 g/mol. The van der Waals surface area contributed by atoms with Crippen molar-refractivity contribution in [2.45, 2.75) is 5.75 Å². The number of carbonyl (C=O) groups is 2. The molecule has 0 atom stereocenters. The van der Waals surface area contributed by atoms with Crippen LogP contribution in [0.2, 0.25) is 5.02 Å². The van der Waals surface area contributed by atoms with Gasteiger partial charge in [0.25, 0.3) is 5.91 Å². The summed E-state index contributed by atoms with van der Waals surface area (Å²) in [5.41, 5.74) is 0.630. The number of hydrogen-bond donors (Lipinski definition) is 1. The van der Waals surface area contributed by atoms with Crippen LogP contribution in [0.15, 0.2) is 42.6 Å². The molecule has 9 heteroatoms. The number of rotatable bonds is 6. The Morgan fingerprint density at radius 3 is 2.64 bits per heavy atom. The molecule has 0 saturated heterocycles. The first-order valence-electron chi connectivity index (χ1n) is 7.08. The molecule has 1 amide bonds. The number of ether oxygens (including phenoxy) is 1. The molecule has 2 rings (SSSR count). The third kappa shape index (κ3) is 6.52. The minimum atomic E-state index is -3.22. The van der Waals surface area contributed by atoms with Crippen LogP contribution >= 0.6 is 11.6 Å². The van der Waals surface area contributed by atoms with Gasteiger partial charge in [0.05, 0.1) is 16.3 Å². The number of anilines is 1. The highest BCUT2D eigenvalue weighted by Gasteiger charge is 2.13. The zero-order chi connectivity index (χ0) is 18.4. The predicted octanol–water partition coefficient (Wildman–Crippen LogP) is 2.08. The first kappa shape index (κ1) is 18.9. The molecule has 1 heterocycles. The highest BCUT2D eigenvalue weighted by Crippen LogP contribution is 2.11. The molecule has 0 aliphatic rings. The van der Waals surface area contributed by atoms with Crippen molar-refractivity contribution in [3.63, 3.8) is 0 Å². The maximum Gasteiger partial charge on any atom is 0.338 e. The van der Waals surface area contributed by atoms with E-state index >= 15 is 0 Å². The second-order valence-corrected chi connectivity index (χ2v) is 7.83. The first-order valence-corrected chi connectivity index (χ1v) is 9.52. The van der Waals surface area contributed by atoms with Gasteiger partial charge in [-0.2, -0.15) is 0 Å². The molecule has 0 saturated carbocycles. The fourth-order valence-electron chi connectivity index (χ4n) is 1.93. The molecule has 7 nitrogen and oxygen atoms in total. The van der Waals surface area contributed by atoms with E-state index in [2.05, 4.69) is 10.3 Å². The van der Waals surface area contributed by atoms with Crippen molar-refractivity contribution in [2.24, 2.45) is 0 Å². The standard InChI is InChI=1S/C16H15ClN2O5S/c1-25(22,23)10-11-3-2-4-12(7-11)16(21)24-9-15(20)19-14-6-5-13(17)8-18-14/h2-8H,9-10H2,1H3,(H,18,19,20). The Kier molecular flexibility index (Phi) is 6.11. The number of hydrogen-bond acceptors (Lipinski definition) is 6. The molecule has 0 radical (unpaired) electrons. The molecule has 2 aromatic rings. The van der Waals surface area contributed by atoms with Crippen LogP contribution in [0.1, 0.15) is 15.9 Å². The van der Waals surface area contributed by atoms with E-state index in [0.29, 0.717) is 10.6 Å². The van der Waals surface area contributed by atoms with Crippen molar-refractivity contribution < 1.29 is 22.7 Å². The van der Waals surface area contributed by atoms with E-state index in [1.54, 1.807) is 18.2 Å². The van der Waals surface area contributed by atoms with Gasteiger partial charge in [-0.25, -0.2) is 18.2 Å². The predicted molar refractivity (Wildman–Crippen MR) is 93.1 cm³/mol. The Morgan fingerprint density at radius 1 is 1.24 bits per heavy atom. The van der Waals surface area contributed by atoms with Gasteiger partial charge in [0.1, 0.15) is 5.82 Å². The minimum Gasteiger partial charge on any atom is -0.452 e. The molecule has 0 aliphatic heterocycles. The van der Waals surface area contributed by atoms with Crippen LogP contribution in [0, 0.1) is 0 Å². The summed E-state index contributed by atoms with van der Waals surface area (Å²) in [6, 6.07) is 9.11. The quantitative estimate of drug-likeness (QED) is 0.767. The van der Waals surface area contributed by atoms with Gasteiger partial charge in [-0.15, -0.1) is 0 Å². The van der Waals surface area contributed by atoms with Gasteiger partial charge >= 0.3 is 5.97 Å². The highest BCUT2D eigenvalue weighted by molar-refractivity contribution is 7.89. The van der Waals surface area contributed by atoms with Crippen LogP contribution in [0.25, 0.3) is 0 Å². The lowest BCUT2D eigenvalue weighted by Gasteiger charge is -2.07. The van der Waals surface area contributed by atoms with Gasteiger partial charge in [0.2, 0.25) is 0 Å². The third-order valence-electron chi connectivity index (χ3n) is 2.92. The summed E-state index contributed by atoms with van der Waals surface area (Å²) in [7, 11) is -3.22. The summed E-state index contributed by atoms with van der Waals surface area (Å²) in [6.07, 6.45) is 2.48. The Balaban J connectivity index is 1.92. The summed E-state index contributed by atoms with van der Waals surface area (Å²) in [6.45, 7) is -0.501. The molecule has 1 aromatic carbocycles. The number of benzene rings is 1. The lowest BCUT2D eigenvalue weighted by atomic mass is 10.1. The SMILES string of the molecule is CS(=O)(=O)Cc1cccc(C(=O)OCC(=O)Nc2ccc(Cl)cn2)c1. The smallest absolute Gasteiger partial charge is 0.338 e. The Labute approximate surface area is 149 Å². The number of carbonyl (C=O) groups excluding carboxylic acids is 2. The number of aromatic nitrogens is 1. The molecule has 132 valence electrons. The molecule has 0 aliphatic carbocycles. The van der Waals surface area contributed by atoms with Gasteiger partial charge in [-0.05, 0) is 29.8 Å². The van der Waals surface area contributed by atoms with E-state index < -0.39 is 28.3 Å². The van der Waals surface area contributed by atoms with Crippen molar-refractivity contribution in [2.75, 3.05) is 18.2 Å². The Bertz CT molecular complexity index is 882. The average molecular weight is 383 g/mol. The second-order valence-electron chi connectivity index (χ2n) is 5.26. The summed E-state index contributed by atoms with van der Waals surface area (Å²) < 4.78 is 27.5. The molecule has 0 bridgehead atoms. The fourth-order valence-corrected chi connectivity index (χ4v) is 2.83. The van der Waals surface area contributed by atoms with Crippen molar-refractivity contribution in [3.8, 4) is 0 Å². The van der Waals surface area contributed by atoms with E-state index in [4.69, 9.17) is 16.3 Å². The van der Waals surface area contributed by atoms with Gasteiger partial charge in [0, 0.05) is 12.5 Å². The van der Waals surface area contributed by atoms with Gasteiger partial charge < -0.3 is 10.1 Å². The molecule has 1 N–H and O–H groups in total. The molecule has 0 fully saturated rings. The van der Waals surface area contributed by atoms with Crippen LogP contribution in [0.3, 0.4) is 0 Å². The second kappa shape index (κ2) is 8.09. The van der Waals surface area contributed by atoms with Crippen LogP contribution in [0.4, 0.5) is 5.82 Å². The number of sulfone groups is 1. The molecule has 25 heavy (non-hydrogen) atoms. The summed E-state index contributed by atoms with van der Waals surface area (Å²) in [5.74, 6) is -1.19. The van der Waals surface area contributed by atoms with Gasteiger partial charge in [0.15, 0.2) is 16.4 Å². The molecule has 0 unspecified atom stereocenters. The van der Waals surface area contributed by atoms with Gasteiger partial charge in [-0.3, -0.25) is 4.79 Å². The van der Waals surface area contributed by atoms with Crippen molar-refractivity contribution in [1.29, 1.82) is 0 Å². The van der Waals surface area contributed by atoms with Crippen LogP contribution in [-0.4, -0.2) is 38.1 Å². The summed E-state index contributed by atoms with van der Waals surface area (Å²) in [5, 5.41) is 2.88. The van der Waals surface area contributed by atoms with E-state index in [0.717, 1.165) is 6.26 Å². The largest absolute Gasteiger partial charge is 0.452 e. The zero-order valence-electron chi connectivity index (χ0n) is 13.2. The number of nitrogens with zero attached hydrogens (tertiary/aromatic N) is 1. The maximum atomic E-state index is 12.0. The van der Waals surface area contributed by atoms with E-state index in [1.807, 2.05) is 0 Å². The topological polar surface area (TPSA) is 102 Å². The average Bonchev–Trinajstić information content (AvgIpc) is 2.53. The third-order valence-corrected chi connectivity index (χ3v) is 4.00. The fraction of sp³-hybridized carbons (Fsp3) is 0.188. The molecule has 0 spiro atoms. The summed E-state index contributed by atoms with van der Waals surface area (Å²) >= 11 is 5.69. The van der Waals surface area contributed by atoms with E-state index in [-0.39, 0.29) is 17.1 Å². The highest BCUT2D eigenvalue weighted by atomic mass is 35.5. The number of esters is 1. The van der Waals surface area contributed by atoms with E-state index in [9.17, 15) is 18.0 Å². The number of pyridine rings is 1. The van der Waals surface area contributed by atoms with Crippen molar-refractivity contribution >= 4 is 39.1 Å². The minimum absolute atomic E-state index is 0.165. The van der Waals surface area contributed by atoms with Crippen LogP contribution in [-0.2, 0) is 25.1 Å². The normalized spacial score (nSPS) is 11.0. The molecule has 1 aromatic heterocycles.